The van der Waals surface area contributed by atoms with Crippen molar-refractivity contribution in [3.05, 3.63) is 65.5 Å². The van der Waals surface area contributed by atoms with Gasteiger partial charge in [-0.2, -0.15) is 13.2 Å². The van der Waals surface area contributed by atoms with Gasteiger partial charge in [0.1, 0.15) is 5.03 Å². The average Bonchev–Trinajstić information content (AvgIpc) is 2.71. The molecule has 0 aliphatic heterocycles. The van der Waals surface area contributed by atoms with E-state index < -0.39 is 12.0 Å². The predicted molar refractivity (Wildman–Crippen MR) is 108 cm³/mol. The van der Waals surface area contributed by atoms with Crippen LogP contribution in [0.4, 0.5) is 13.2 Å². The fourth-order valence-electron chi connectivity index (χ4n) is 2.83. The summed E-state index contributed by atoms with van der Waals surface area (Å²) in [7, 11) is 0. The number of halogens is 3. The van der Waals surface area contributed by atoms with Crippen LogP contribution in [0.1, 0.15) is 36.8 Å². The van der Waals surface area contributed by atoms with Gasteiger partial charge in [-0.25, -0.2) is 9.97 Å². The summed E-state index contributed by atoms with van der Waals surface area (Å²) < 4.78 is 39.3. The number of aryl methyl sites for hydroxylation is 1. The Bertz CT molecular complexity index is 1010. The first kappa shape index (κ1) is 21.1. The fraction of sp³-hybridized carbons (Fsp3) is 0.286. The Labute approximate surface area is 170 Å². The normalized spacial score (nSPS) is 12.7. The standard InChI is InChI=1S/C21H20F3N3OS/c1-3-14-8-10-15(11-9-14)13(2)25-18(28)12-29-19-16-6-4-5-7-17(16)26-20(27-19)21(22,23)24/h4-11,13H,3,12H2,1-2H3,(H,25,28)/t13-/m1/s1. The van der Waals surface area contributed by atoms with Crippen molar-refractivity contribution in [3.63, 3.8) is 0 Å². The van der Waals surface area contributed by atoms with Crippen LogP contribution in [0.25, 0.3) is 10.9 Å². The number of hydrogen-bond acceptors (Lipinski definition) is 4. The zero-order chi connectivity index (χ0) is 21.0. The molecular weight excluding hydrogens is 399 g/mol. The van der Waals surface area contributed by atoms with Crippen LogP contribution in [0.15, 0.2) is 53.6 Å². The molecule has 0 radical (unpaired) electrons. The number of alkyl halides is 3. The minimum Gasteiger partial charge on any atom is -0.349 e. The van der Waals surface area contributed by atoms with E-state index in [1.165, 1.54) is 11.6 Å². The number of carbonyl (C=O) groups excluding carboxylic acids is 1. The predicted octanol–water partition coefficient (Wildman–Crippen LogP) is 5.18. The lowest BCUT2D eigenvalue weighted by Gasteiger charge is -2.15. The molecule has 0 fully saturated rings. The maximum atomic E-state index is 13.1. The summed E-state index contributed by atoms with van der Waals surface area (Å²) in [6, 6.07) is 14.2. The molecular formula is C21H20F3N3OS. The van der Waals surface area contributed by atoms with Gasteiger partial charge in [0.25, 0.3) is 0 Å². The van der Waals surface area contributed by atoms with Gasteiger partial charge in [0.15, 0.2) is 0 Å². The minimum atomic E-state index is -4.65. The number of aromatic nitrogens is 2. The van der Waals surface area contributed by atoms with Crippen LogP contribution in [-0.4, -0.2) is 21.6 Å². The van der Waals surface area contributed by atoms with E-state index in [2.05, 4.69) is 22.2 Å². The number of amides is 1. The summed E-state index contributed by atoms with van der Waals surface area (Å²) in [6.07, 6.45) is -3.72. The van der Waals surface area contributed by atoms with Gasteiger partial charge in [-0.15, -0.1) is 0 Å². The molecule has 0 spiro atoms. The van der Waals surface area contributed by atoms with E-state index in [9.17, 15) is 18.0 Å². The number of nitrogens with zero attached hydrogens (tertiary/aromatic N) is 2. The molecule has 0 aliphatic rings. The molecule has 29 heavy (non-hydrogen) atoms. The van der Waals surface area contributed by atoms with Crippen molar-refractivity contribution in [2.45, 2.75) is 37.5 Å². The van der Waals surface area contributed by atoms with Gasteiger partial charge < -0.3 is 5.32 Å². The number of para-hydroxylation sites is 1. The van der Waals surface area contributed by atoms with E-state index in [4.69, 9.17) is 0 Å². The molecule has 1 atom stereocenters. The zero-order valence-corrected chi connectivity index (χ0v) is 16.8. The average molecular weight is 419 g/mol. The second-order valence-corrected chi connectivity index (χ2v) is 7.50. The molecule has 0 saturated heterocycles. The summed E-state index contributed by atoms with van der Waals surface area (Å²) in [4.78, 5) is 19.6. The second kappa shape index (κ2) is 8.82. The Morgan fingerprint density at radius 3 is 2.45 bits per heavy atom. The molecule has 2 aromatic carbocycles. The highest BCUT2D eigenvalue weighted by Crippen LogP contribution is 2.32. The van der Waals surface area contributed by atoms with Gasteiger partial charge in [-0.05, 0) is 30.5 Å². The Hall–Kier alpha value is -2.61. The lowest BCUT2D eigenvalue weighted by atomic mass is 10.1. The first-order chi connectivity index (χ1) is 13.8. The lowest BCUT2D eigenvalue weighted by molar-refractivity contribution is -0.145. The summed E-state index contributed by atoms with van der Waals surface area (Å²) in [5, 5.41) is 3.50. The van der Waals surface area contributed by atoms with Gasteiger partial charge >= 0.3 is 6.18 Å². The maximum Gasteiger partial charge on any atom is 0.451 e. The number of nitrogens with one attached hydrogen (secondary N) is 1. The van der Waals surface area contributed by atoms with Crippen molar-refractivity contribution in [1.29, 1.82) is 0 Å². The van der Waals surface area contributed by atoms with Crippen molar-refractivity contribution in [2.24, 2.45) is 0 Å². The molecule has 1 aromatic heterocycles. The first-order valence-electron chi connectivity index (χ1n) is 9.13. The van der Waals surface area contributed by atoms with Gasteiger partial charge in [-0.1, -0.05) is 61.2 Å². The minimum absolute atomic E-state index is 0.0459. The van der Waals surface area contributed by atoms with E-state index in [-0.39, 0.29) is 28.2 Å². The molecule has 1 N–H and O–H groups in total. The number of carbonyl (C=O) groups is 1. The molecule has 0 saturated carbocycles. The van der Waals surface area contributed by atoms with Crippen LogP contribution in [0, 0.1) is 0 Å². The number of fused-ring (bicyclic) bond motifs is 1. The topological polar surface area (TPSA) is 54.9 Å². The monoisotopic (exact) mass is 419 g/mol. The third-order valence-electron chi connectivity index (χ3n) is 4.43. The van der Waals surface area contributed by atoms with Crippen LogP contribution in [0.2, 0.25) is 0 Å². The highest BCUT2D eigenvalue weighted by Gasteiger charge is 2.35. The quantitative estimate of drug-likeness (QED) is 0.442. The van der Waals surface area contributed by atoms with Crippen molar-refractivity contribution < 1.29 is 18.0 Å². The Kier molecular flexibility index (Phi) is 6.42. The smallest absolute Gasteiger partial charge is 0.349 e. The Morgan fingerprint density at radius 2 is 1.79 bits per heavy atom. The van der Waals surface area contributed by atoms with Crippen molar-refractivity contribution in [1.82, 2.24) is 15.3 Å². The van der Waals surface area contributed by atoms with E-state index in [0.29, 0.717) is 5.39 Å². The molecule has 0 unspecified atom stereocenters. The molecule has 152 valence electrons. The van der Waals surface area contributed by atoms with Gasteiger partial charge in [0, 0.05) is 5.39 Å². The zero-order valence-electron chi connectivity index (χ0n) is 16.0. The largest absolute Gasteiger partial charge is 0.451 e. The van der Waals surface area contributed by atoms with Gasteiger partial charge in [0.05, 0.1) is 17.3 Å². The van der Waals surface area contributed by atoms with Crippen LogP contribution in [-0.2, 0) is 17.4 Å². The third-order valence-corrected chi connectivity index (χ3v) is 5.42. The molecule has 8 heteroatoms. The van der Waals surface area contributed by atoms with Crippen LogP contribution in [0.5, 0.6) is 0 Å². The number of thioether (sulfide) groups is 1. The molecule has 1 amide bonds. The third kappa shape index (κ3) is 5.26. The van der Waals surface area contributed by atoms with Gasteiger partial charge in [0.2, 0.25) is 11.7 Å². The van der Waals surface area contributed by atoms with Crippen LogP contribution < -0.4 is 5.32 Å². The lowest BCUT2D eigenvalue weighted by Crippen LogP contribution is -2.28. The van der Waals surface area contributed by atoms with Crippen molar-refractivity contribution in [2.75, 3.05) is 5.75 Å². The summed E-state index contributed by atoms with van der Waals surface area (Å²) in [6.45, 7) is 3.93. The van der Waals surface area contributed by atoms with Crippen molar-refractivity contribution in [3.8, 4) is 0 Å². The maximum absolute atomic E-state index is 13.1. The molecule has 0 aliphatic carbocycles. The molecule has 0 bridgehead atoms. The van der Waals surface area contributed by atoms with E-state index >= 15 is 0 Å². The first-order valence-corrected chi connectivity index (χ1v) is 10.1. The number of rotatable bonds is 6. The molecule has 3 aromatic rings. The fourth-order valence-corrected chi connectivity index (χ4v) is 3.66. The van der Waals surface area contributed by atoms with Crippen LogP contribution in [0.3, 0.4) is 0 Å². The summed E-state index contributed by atoms with van der Waals surface area (Å²) >= 11 is 0.968. The van der Waals surface area contributed by atoms with Crippen molar-refractivity contribution >= 4 is 28.6 Å². The molecule has 4 nitrogen and oxygen atoms in total. The van der Waals surface area contributed by atoms with E-state index in [1.807, 2.05) is 31.2 Å². The van der Waals surface area contributed by atoms with Gasteiger partial charge in [-0.3, -0.25) is 4.79 Å². The molecule has 1 heterocycles. The van der Waals surface area contributed by atoms with E-state index in [0.717, 1.165) is 23.7 Å². The van der Waals surface area contributed by atoms with E-state index in [1.54, 1.807) is 18.2 Å². The highest BCUT2D eigenvalue weighted by molar-refractivity contribution is 8.00. The number of benzene rings is 2. The highest BCUT2D eigenvalue weighted by atomic mass is 32.2. The number of hydrogen-bond donors (Lipinski definition) is 1. The second-order valence-electron chi connectivity index (χ2n) is 6.54. The Balaban J connectivity index is 1.71. The molecule has 3 rings (SSSR count). The summed E-state index contributed by atoms with van der Waals surface area (Å²) in [5.74, 6) is -1.53. The van der Waals surface area contributed by atoms with Crippen LogP contribution >= 0.6 is 11.8 Å². The summed E-state index contributed by atoms with van der Waals surface area (Å²) in [5.41, 5.74) is 2.37. The Morgan fingerprint density at radius 1 is 1.10 bits per heavy atom. The SMILES string of the molecule is CCc1ccc([C@@H](C)NC(=O)CSc2nc(C(F)(F)F)nc3ccccc23)cc1.